The van der Waals surface area contributed by atoms with Crippen molar-refractivity contribution in [2.75, 3.05) is 6.61 Å². The molecule has 0 aliphatic carbocycles. The van der Waals surface area contributed by atoms with Crippen LogP contribution in [0.25, 0.3) is 22.1 Å². The second kappa shape index (κ2) is 5.96. The third-order valence-electron chi connectivity index (χ3n) is 4.02. The maximum atomic E-state index is 11.3. The van der Waals surface area contributed by atoms with Gasteiger partial charge in [0.1, 0.15) is 12.1 Å². The van der Waals surface area contributed by atoms with Gasteiger partial charge in [0.05, 0.1) is 17.9 Å². The summed E-state index contributed by atoms with van der Waals surface area (Å²) in [4.78, 5) is 21.5. The Morgan fingerprint density at radius 3 is 3.00 bits per heavy atom. The van der Waals surface area contributed by atoms with E-state index in [2.05, 4.69) is 10.1 Å². The Balaban J connectivity index is 1.87. The molecule has 2 aromatic heterocycles. The minimum absolute atomic E-state index is 0.176. The number of nitrogens with zero attached hydrogens (tertiary/aromatic N) is 4. The molecule has 0 fully saturated rings. The summed E-state index contributed by atoms with van der Waals surface area (Å²) in [5, 5.41) is 14.3. The predicted octanol–water partition coefficient (Wildman–Crippen LogP) is 3.28. The molecule has 0 radical (unpaired) electrons. The third kappa shape index (κ3) is 2.68. The van der Waals surface area contributed by atoms with Gasteiger partial charge in [0.2, 0.25) is 0 Å². The Hall–Kier alpha value is -2.74. The van der Waals surface area contributed by atoms with Crippen LogP contribution in [0.5, 0.6) is 5.75 Å². The van der Waals surface area contributed by atoms with E-state index in [9.17, 15) is 9.90 Å². The van der Waals surface area contributed by atoms with Crippen LogP contribution in [0.1, 0.15) is 35.1 Å². The van der Waals surface area contributed by atoms with E-state index in [-0.39, 0.29) is 11.6 Å². The minimum atomic E-state index is -0.969. The molecule has 0 saturated heterocycles. The summed E-state index contributed by atoms with van der Waals surface area (Å²) in [6, 6.07) is 5.05. The van der Waals surface area contributed by atoms with Crippen molar-refractivity contribution < 1.29 is 14.6 Å². The predicted molar refractivity (Wildman–Crippen MR) is 93.1 cm³/mol. The van der Waals surface area contributed by atoms with Crippen LogP contribution in [0, 0.1) is 0 Å². The minimum Gasteiger partial charge on any atom is -0.493 e. The molecule has 1 aliphatic heterocycles. The zero-order chi connectivity index (χ0) is 17.6. The molecule has 1 aliphatic rings. The van der Waals surface area contributed by atoms with Crippen LogP contribution in [0.4, 0.5) is 0 Å². The largest absolute Gasteiger partial charge is 0.493 e. The van der Waals surface area contributed by atoms with Crippen molar-refractivity contribution in [3.05, 3.63) is 35.0 Å². The summed E-state index contributed by atoms with van der Waals surface area (Å²) in [5.41, 5.74) is 1.70. The van der Waals surface area contributed by atoms with Crippen LogP contribution in [-0.4, -0.2) is 37.4 Å². The number of aromatic nitrogens is 4. The Kier molecular flexibility index (Phi) is 3.76. The SMILES string of the molecule is CC(C)n1ncnc1-c1nc2c(s1)CCOc1ccc(C(=O)O)cc1-2. The maximum absolute atomic E-state index is 11.3. The molecule has 25 heavy (non-hydrogen) atoms. The number of aromatic carboxylic acids is 1. The molecule has 0 amide bonds. The lowest BCUT2D eigenvalue weighted by molar-refractivity contribution is 0.0697. The first-order chi connectivity index (χ1) is 12.0. The van der Waals surface area contributed by atoms with Crippen molar-refractivity contribution in [1.82, 2.24) is 19.7 Å². The first kappa shape index (κ1) is 15.8. The molecule has 7 nitrogen and oxygen atoms in total. The number of benzene rings is 1. The Morgan fingerprint density at radius 1 is 1.40 bits per heavy atom. The molecule has 8 heteroatoms. The van der Waals surface area contributed by atoms with Gasteiger partial charge in [-0.2, -0.15) is 5.10 Å². The zero-order valence-electron chi connectivity index (χ0n) is 13.8. The molecule has 3 aromatic rings. The van der Waals surface area contributed by atoms with Crippen molar-refractivity contribution in [3.8, 4) is 27.8 Å². The smallest absolute Gasteiger partial charge is 0.335 e. The second-order valence-electron chi connectivity index (χ2n) is 6.03. The lowest BCUT2D eigenvalue weighted by atomic mass is 10.1. The van der Waals surface area contributed by atoms with Gasteiger partial charge in [-0.3, -0.25) is 0 Å². The van der Waals surface area contributed by atoms with Gasteiger partial charge in [0, 0.05) is 22.9 Å². The number of carbonyl (C=O) groups is 1. The molecule has 0 unspecified atom stereocenters. The highest BCUT2D eigenvalue weighted by Crippen LogP contribution is 2.40. The molecular weight excluding hydrogens is 340 g/mol. The van der Waals surface area contributed by atoms with E-state index in [0.29, 0.717) is 17.9 Å². The van der Waals surface area contributed by atoms with Crippen LogP contribution >= 0.6 is 11.3 Å². The highest BCUT2D eigenvalue weighted by molar-refractivity contribution is 7.15. The van der Waals surface area contributed by atoms with Gasteiger partial charge in [0.15, 0.2) is 10.8 Å². The molecule has 1 N–H and O–H groups in total. The molecule has 4 rings (SSSR count). The number of ether oxygens (including phenoxy) is 1. The normalized spacial score (nSPS) is 13.1. The highest BCUT2D eigenvalue weighted by Gasteiger charge is 2.24. The number of carboxylic acid groups (broad SMARTS) is 1. The monoisotopic (exact) mass is 356 g/mol. The number of thiazole rings is 1. The number of rotatable bonds is 3. The standard InChI is InChI=1S/C17H16N4O3S/c1-9(2)21-15(18-8-19-21)16-20-14-11-7-10(17(22)23)3-4-12(11)24-6-5-13(14)25-16/h3-4,7-9H,5-6H2,1-2H3,(H,22,23). The Morgan fingerprint density at radius 2 is 2.24 bits per heavy atom. The molecule has 0 atom stereocenters. The van der Waals surface area contributed by atoms with Crippen LogP contribution < -0.4 is 4.74 Å². The molecule has 3 heterocycles. The summed E-state index contributed by atoms with van der Waals surface area (Å²) in [6.07, 6.45) is 2.25. The summed E-state index contributed by atoms with van der Waals surface area (Å²) >= 11 is 1.55. The number of fused-ring (bicyclic) bond motifs is 3. The van der Waals surface area contributed by atoms with E-state index in [4.69, 9.17) is 9.72 Å². The maximum Gasteiger partial charge on any atom is 0.335 e. The van der Waals surface area contributed by atoms with Gasteiger partial charge in [-0.1, -0.05) is 0 Å². The first-order valence-corrected chi connectivity index (χ1v) is 8.76. The van der Waals surface area contributed by atoms with Crippen molar-refractivity contribution in [3.63, 3.8) is 0 Å². The second-order valence-corrected chi connectivity index (χ2v) is 7.11. The van der Waals surface area contributed by atoms with Gasteiger partial charge in [-0.05, 0) is 32.0 Å². The molecular formula is C17H16N4O3S. The first-order valence-electron chi connectivity index (χ1n) is 7.94. The van der Waals surface area contributed by atoms with Crippen LogP contribution in [0.3, 0.4) is 0 Å². The summed E-state index contributed by atoms with van der Waals surface area (Å²) in [5.74, 6) is 0.416. The highest BCUT2D eigenvalue weighted by atomic mass is 32.1. The summed E-state index contributed by atoms with van der Waals surface area (Å²) < 4.78 is 7.59. The van der Waals surface area contributed by atoms with E-state index >= 15 is 0 Å². The van der Waals surface area contributed by atoms with Crippen molar-refractivity contribution in [2.24, 2.45) is 0 Å². The lowest BCUT2D eigenvalue weighted by Gasteiger charge is -2.08. The van der Waals surface area contributed by atoms with E-state index in [1.165, 1.54) is 6.33 Å². The lowest BCUT2D eigenvalue weighted by Crippen LogP contribution is -2.05. The molecule has 0 bridgehead atoms. The zero-order valence-corrected chi connectivity index (χ0v) is 14.6. The summed E-state index contributed by atoms with van der Waals surface area (Å²) in [7, 11) is 0. The topological polar surface area (TPSA) is 90.1 Å². The number of hydrogen-bond acceptors (Lipinski definition) is 6. The van der Waals surface area contributed by atoms with Gasteiger partial charge in [0.25, 0.3) is 0 Å². The van der Waals surface area contributed by atoms with E-state index in [1.54, 1.807) is 29.5 Å². The number of carboxylic acids is 1. The van der Waals surface area contributed by atoms with Gasteiger partial charge < -0.3 is 9.84 Å². The van der Waals surface area contributed by atoms with Gasteiger partial charge in [-0.25, -0.2) is 19.4 Å². The third-order valence-corrected chi connectivity index (χ3v) is 5.13. The van der Waals surface area contributed by atoms with Crippen molar-refractivity contribution >= 4 is 17.3 Å². The summed E-state index contributed by atoms with van der Waals surface area (Å²) in [6.45, 7) is 4.61. The number of hydrogen-bond donors (Lipinski definition) is 1. The van der Waals surface area contributed by atoms with Gasteiger partial charge in [-0.15, -0.1) is 11.3 Å². The van der Waals surface area contributed by atoms with Crippen LogP contribution in [0.15, 0.2) is 24.5 Å². The molecule has 128 valence electrons. The molecule has 1 aromatic carbocycles. The average Bonchev–Trinajstić information content (AvgIpc) is 3.18. The van der Waals surface area contributed by atoms with Gasteiger partial charge >= 0.3 is 5.97 Å². The average molecular weight is 356 g/mol. The van der Waals surface area contributed by atoms with Crippen LogP contribution in [0.2, 0.25) is 0 Å². The quantitative estimate of drug-likeness (QED) is 0.774. The van der Waals surface area contributed by atoms with E-state index < -0.39 is 5.97 Å². The van der Waals surface area contributed by atoms with E-state index in [0.717, 1.165) is 27.8 Å². The Labute approximate surface area is 147 Å². The van der Waals surface area contributed by atoms with Crippen molar-refractivity contribution in [2.45, 2.75) is 26.3 Å². The Bertz CT molecular complexity index is 961. The fraction of sp³-hybridized carbons (Fsp3) is 0.294. The molecule has 0 saturated carbocycles. The molecule has 0 spiro atoms. The fourth-order valence-corrected chi connectivity index (χ4v) is 3.88. The van der Waals surface area contributed by atoms with Crippen LogP contribution in [-0.2, 0) is 6.42 Å². The van der Waals surface area contributed by atoms with E-state index in [1.807, 2.05) is 18.5 Å². The fourth-order valence-electron chi connectivity index (χ4n) is 2.84. The van der Waals surface area contributed by atoms with Crippen molar-refractivity contribution in [1.29, 1.82) is 0 Å².